The number of nitrogens with zero attached hydrogens (tertiary/aromatic N) is 1. The van der Waals surface area contributed by atoms with Gasteiger partial charge >= 0.3 is 0 Å². The summed E-state index contributed by atoms with van der Waals surface area (Å²) in [5, 5.41) is 0. The molecule has 4 nitrogen and oxygen atoms in total. The van der Waals surface area contributed by atoms with Crippen LogP contribution in [0.2, 0.25) is 0 Å². The summed E-state index contributed by atoms with van der Waals surface area (Å²) in [4.78, 5) is 14.8. The Hall–Kier alpha value is -1.07. The maximum atomic E-state index is 13.0. The highest BCUT2D eigenvalue weighted by atomic mass is 79.9. The van der Waals surface area contributed by atoms with Crippen LogP contribution in [0.15, 0.2) is 22.7 Å². The molecule has 0 unspecified atom stereocenters. The lowest BCUT2D eigenvalue weighted by Gasteiger charge is -2.38. The van der Waals surface area contributed by atoms with Crippen molar-refractivity contribution in [2.75, 3.05) is 13.7 Å². The Balaban J connectivity index is 2.51. The molecule has 0 radical (unpaired) electrons. The van der Waals surface area contributed by atoms with Gasteiger partial charge in [0.25, 0.3) is 5.91 Å². The Labute approximate surface area is 128 Å². The molecule has 0 saturated carbocycles. The van der Waals surface area contributed by atoms with Gasteiger partial charge in [0.1, 0.15) is 11.5 Å². The lowest BCUT2D eigenvalue weighted by Crippen LogP contribution is -2.52. The van der Waals surface area contributed by atoms with Gasteiger partial charge in [-0.2, -0.15) is 0 Å². The van der Waals surface area contributed by atoms with Gasteiger partial charge in [0, 0.05) is 4.47 Å². The van der Waals surface area contributed by atoms with Crippen LogP contribution in [0.1, 0.15) is 38.1 Å². The van der Waals surface area contributed by atoms with Crippen LogP contribution in [0.4, 0.5) is 0 Å². The first-order valence-electron chi connectivity index (χ1n) is 6.52. The molecule has 1 saturated heterocycles. The summed E-state index contributed by atoms with van der Waals surface area (Å²) in [6.45, 7) is 8.33. The van der Waals surface area contributed by atoms with Crippen molar-refractivity contribution < 1.29 is 14.3 Å². The van der Waals surface area contributed by atoms with Crippen molar-refractivity contribution in [1.29, 1.82) is 0 Å². The molecule has 20 heavy (non-hydrogen) atoms. The fourth-order valence-electron chi connectivity index (χ4n) is 2.72. The molecule has 0 bridgehead atoms. The predicted molar refractivity (Wildman–Crippen MR) is 81.0 cm³/mol. The highest BCUT2D eigenvalue weighted by Crippen LogP contribution is 2.38. The van der Waals surface area contributed by atoms with Gasteiger partial charge in [-0.1, -0.05) is 6.07 Å². The highest BCUT2D eigenvalue weighted by molar-refractivity contribution is 9.10. The van der Waals surface area contributed by atoms with E-state index in [0.29, 0.717) is 17.9 Å². The quantitative estimate of drug-likeness (QED) is 0.826. The lowest BCUT2D eigenvalue weighted by atomic mass is 10.0. The summed E-state index contributed by atoms with van der Waals surface area (Å²) in [6, 6.07) is 5.47. The van der Waals surface area contributed by atoms with E-state index in [-0.39, 0.29) is 11.4 Å². The molecular formula is C15H20BrNO3. The van der Waals surface area contributed by atoms with Gasteiger partial charge in [0.2, 0.25) is 0 Å². The van der Waals surface area contributed by atoms with Crippen molar-refractivity contribution in [3.63, 3.8) is 0 Å². The molecule has 0 N–H and O–H groups in total. The molecule has 0 aliphatic carbocycles. The number of hydrogen-bond donors (Lipinski definition) is 0. The molecular weight excluding hydrogens is 322 g/mol. The minimum absolute atomic E-state index is 0.0955. The van der Waals surface area contributed by atoms with E-state index in [4.69, 9.17) is 9.47 Å². The summed E-state index contributed by atoms with van der Waals surface area (Å²) < 4.78 is 11.8. The third-order valence-electron chi connectivity index (χ3n) is 3.53. The van der Waals surface area contributed by atoms with E-state index in [0.717, 1.165) is 4.47 Å². The van der Waals surface area contributed by atoms with Crippen LogP contribution >= 0.6 is 15.9 Å². The minimum Gasteiger partial charge on any atom is -0.496 e. The average Bonchev–Trinajstić information content (AvgIpc) is 2.57. The van der Waals surface area contributed by atoms with E-state index in [1.807, 2.05) is 39.8 Å². The van der Waals surface area contributed by atoms with Crippen molar-refractivity contribution in [1.82, 2.24) is 4.90 Å². The minimum atomic E-state index is -0.638. The molecule has 0 aromatic heterocycles. The normalized spacial score (nSPS) is 20.0. The second-order valence-electron chi connectivity index (χ2n) is 6.01. The number of ether oxygens (including phenoxy) is 2. The Morgan fingerprint density at radius 2 is 2.00 bits per heavy atom. The number of benzene rings is 1. The summed E-state index contributed by atoms with van der Waals surface area (Å²) >= 11 is 3.44. The van der Waals surface area contributed by atoms with Crippen molar-refractivity contribution >= 4 is 21.8 Å². The zero-order valence-corrected chi connectivity index (χ0v) is 14.1. The maximum absolute atomic E-state index is 13.0. The molecule has 0 atom stereocenters. The van der Waals surface area contributed by atoms with Gasteiger partial charge in [0.15, 0.2) is 0 Å². The van der Waals surface area contributed by atoms with E-state index >= 15 is 0 Å². The monoisotopic (exact) mass is 341 g/mol. The Bertz CT molecular complexity index is 524. The second-order valence-corrected chi connectivity index (χ2v) is 6.86. The topological polar surface area (TPSA) is 38.8 Å². The summed E-state index contributed by atoms with van der Waals surface area (Å²) in [7, 11) is 1.56. The first-order chi connectivity index (χ1) is 9.20. The molecule has 1 aliphatic heterocycles. The average molecular weight is 342 g/mol. The fourth-order valence-corrected chi connectivity index (χ4v) is 3.24. The molecule has 1 fully saturated rings. The van der Waals surface area contributed by atoms with Crippen LogP contribution in [0.25, 0.3) is 0 Å². The number of hydrogen-bond acceptors (Lipinski definition) is 3. The number of methoxy groups -OCH3 is 1. The van der Waals surface area contributed by atoms with E-state index in [9.17, 15) is 4.79 Å². The second kappa shape index (κ2) is 5.04. The Morgan fingerprint density at radius 1 is 1.35 bits per heavy atom. The number of rotatable bonds is 2. The van der Waals surface area contributed by atoms with E-state index in [1.54, 1.807) is 18.1 Å². The molecule has 1 aromatic rings. The van der Waals surface area contributed by atoms with Gasteiger partial charge < -0.3 is 14.4 Å². The predicted octanol–water partition coefficient (Wildman–Crippen LogP) is 3.44. The Kier molecular flexibility index (Phi) is 3.86. The van der Waals surface area contributed by atoms with Crippen LogP contribution in [-0.4, -0.2) is 35.8 Å². The van der Waals surface area contributed by atoms with Crippen LogP contribution in [0, 0.1) is 0 Å². The van der Waals surface area contributed by atoms with Crippen molar-refractivity contribution in [3.05, 3.63) is 28.2 Å². The zero-order chi connectivity index (χ0) is 15.1. The first-order valence-corrected chi connectivity index (χ1v) is 7.31. The number of amides is 1. The summed E-state index contributed by atoms with van der Waals surface area (Å²) in [5.41, 5.74) is -0.469. The van der Waals surface area contributed by atoms with Gasteiger partial charge in [0.05, 0.1) is 24.8 Å². The van der Waals surface area contributed by atoms with E-state index in [2.05, 4.69) is 15.9 Å². The molecule has 1 heterocycles. The van der Waals surface area contributed by atoms with Crippen LogP contribution in [-0.2, 0) is 4.74 Å². The zero-order valence-electron chi connectivity index (χ0n) is 12.5. The van der Waals surface area contributed by atoms with Crippen molar-refractivity contribution in [2.45, 2.75) is 39.0 Å². The largest absolute Gasteiger partial charge is 0.496 e. The Morgan fingerprint density at radius 3 is 2.50 bits per heavy atom. The number of carbonyl (C=O) groups is 1. The van der Waals surface area contributed by atoms with Gasteiger partial charge in [-0.05, 0) is 55.8 Å². The van der Waals surface area contributed by atoms with Crippen LogP contribution < -0.4 is 4.74 Å². The van der Waals surface area contributed by atoms with Gasteiger partial charge in [-0.25, -0.2) is 0 Å². The van der Waals surface area contributed by atoms with Crippen LogP contribution in [0.3, 0.4) is 0 Å². The van der Waals surface area contributed by atoms with Crippen LogP contribution in [0.5, 0.6) is 5.75 Å². The van der Waals surface area contributed by atoms with Gasteiger partial charge in [-0.15, -0.1) is 0 Å². The van der Waals surface area contributed by atoms with Crippen molar-refractivity contribution in [3.8, 4) is 5.75 Å². The molecule has 0 spiro atoms. The van der Waals surface area contributed by atoms with Gasteiger partial charge in [-0.3, -0.25) is 4.79 Å². The highest BCUT2D eigenvalue weighted by Gasteiger charge is 2.49. The molecule has 1 aromatic carbocycles. The third-order valence-corrected chi connectivity index (χ3v) is 4.20. The smallest absolute Gasteiger partial charge is 0.261 e. The summed E-state index contributed by atoms with van der Waals surface area (Å²) in [6.07, 6.45) is 0. The molecule has 1 aliphatic rings. The molecule has 110 valence electrons. The number of halogens is 1. The number of carbonyl (C=O) groups excluding carboxylic acids is 1. The first kappa shape index (κ1) is 15.3. The van der Waals surface area contributed by atoms with E-state index in [1.165, 1.54) is 0 Å². The lowest BCUT2D eigenvalue weighted by molar-refractivity contribution is -0.0432. The maximum Gasteiger partial charge on any atom is 0.261 e. The standard InChI is InChI=1S/C15H20BrNO3/c1-14(2)9-20-15(3,4)17(14)13(18)12-10(16)7-6-8-11(12)19-5/h6-8H,9H2,1-5H3. The molecule has 2 rings (SSSR count). The molecule has 1 amide bonds. The SMILES string of the molecule is COc1cccc(Br)c1C(=O)N1C(C)(C)COC1(C)C. The summed E-state index contributed by atoms with van der Waals surface area (Å²) in [5.74, 6) is 0.463. The van der Waals surface area contributed by atoms with E-state index < -0.39 is 5.72 Å². The fraction of sp³-hybridized carbons (Fsp3) is 0.533. The molecule has 5 heteroatoms. The van der Waals surface area contributed by atoms with Crippen molar-refractivity contribution in [2.24, 2.45) is 0 Å². The third kappa shape index (κ3) is 2.44.